The molecule has 3 nitrogen and oxygen atoms in total. The zero-order valence-corrected chi connectivity index (χ0v) is 11.3. The lowest BCUT2D eigenvalue weighted by molar-refractivity contribution is -0.144. The van der Waals surface area contributed by atoms with Crippen molar-refractivity contribution >= 4 is 17.6 Å². The second-order valence-corrected chi connectivity index (χ2v) is 5.49. The van der Waals surface area contributed by atoms with Crippen molar-refractivity contribution in [2.75, 3.05) is 20.1 Å². The summed E-state index contributed by atoms with van der Waals surface area (Å²) in [5.41, 5.74) is 0.0492. The summed E-state index contributed by atoms with van der Waals surface area (Å²) < 4.78 is 0. The molecule has 1 unspecified atom stereocenters. The molecular formula is C14H18ClNO2. The van der Waals surface area contributed by atoms with Crippen LogP contribution >= 0.6 is 11.6 Å². The van der Waals surface area contributed by atoms with E-state index in [0.29, 0.717) is 17.9 Å². The first-order valence-electron chi connectivity index (χ1n) is 6.22. The van der Waals surface area contributed by atoms with Gasteiger partial charge in [-0.3, -0.25) is 4.79 Å². The smallest absolute Gasteiger partial charge is 0.314 e. The number of aliphatic carboxylic acids is 1. The highest BCUT2D eigenvalue weighted by molar-refractivity contribution is 6.30. The number of benzene rings is 1. The first-order chi connectivity index (χ1) is 8.54. The Morgan fingerprint density at radius 3 is 2.83 bits per heavy atom. The summed E-state index contributed by atoms with van der Waals surface area (Å²) in [7, 11) is 2.04. The number of nitrogens with zero attached hydrogens (tertiary/aromatic N) is 1. The van der Waals surface area contributed by atoms with E-state index in [1.807, 2.05) is 19.2 Å². The number of hydrogen-bond acceptors (Lipinski definition) is 2. The molecule has 98 valence electrons. The summed E-state index contributed by atoms with van der Waals surface area (Å²) in [4.78, 5) is 14.0. The molecule has 0 bridgehead atoms. The van der Waals surface area contributed by atoms with E-state index in [4.69, 9.17) is 11.6 Å². The third-order valence-corrected chi connectivity index (χ3v) is 4.09. The fraction of sp³-hybridized carbons (Fsp3) is 0.500. The minimum atomic E-state index is -0.782. The van der Waals surface area contributed by atoms with Crippen molar-refractivity contribution < 1.29 is 9.90 Å². The monoisotopic (exact) mass is 267 g/mol. The van der Waals surface area contributed by atoms with Crippen molar-refractivity contribution in [3.63, 3.8) is 0 Å². The lowest BCUT2D eigenvalue weighted by Crippen LogP contribution is -2.36. The molecule has 0 amide bonds. The SMILES string of the molecule is CN1CCCC(C(=O)O)(c2cccc(Cl)c2)CC1. The first kappa shape index (κ1) is 13.4. The van der Waals surface area contributed by atoms with Gasteiger partial charge >= 0.3 is 5.97 Å². The summed E-state index contributed by atoms with van der Waals surface area (Å²) in [6.45, 7) is 1.76. The standard InChI is InChI=1S/C14H18ClNO2/c1-16-8-3-6-14(7-9-16,13(17)18)11-4-2-5-12(15)10-11/h2,4-5,10H,3,6-9H2,1H3,(H,17,18). The van der Waals surface area contributed by atoms with Crippen molar-refractivity contribution in [3.05, 3.63) is 34.9 Å². The van der Waals surface area contributed by atoms with Crippen LogP contribution in [0.2, 0.25) is 5.02 Å². The highest BCUT2D eigenvalue weighted by Crippen LogP contribution is 2.36. The molecule has 1 aromatic carbocycles. The van der Waals surface area contributed by atoms with Crippen molar-refractivity contribution in [2.24, 2.45) is 0 Å². The molecule has 0 aromatic heterocycles. The van der Waals surface area contributed by atoms with Crippen LogP contribution in [0.15, 0.2) is 24.3 Å². The Hall–Kier alpha value is -1.06. The number of hydrogen-bond donors (Lipinski definition) is 1. The third-order valence-electron chi connectivity index (χ3n) is 3.85. The molecular weight excluding hydrogens is 250 g/mol. The van der Waals surface area contributed by atoms with Crippen LogP contribution in [-0.2, 0) is 10.2 Å². The molecule has 18 heavy (non-hydrogen) atoms. The average molecular weight is 268 g/mol. The number of carboxylic acids is 1. The highest BCUT2D eigenvalue weighted by Gasteiger charge is 2.41. The predicted octanol–water partition coefficient (Wildman–Crippen LogP) is 2.78. The van der Waals surface area contributed by atoms with Crippen LogP contribution in [0, 0.1) is 0 Å². The molecule has 0 saturated carbocycles. The van der Waals surface area contributed by atoms with E-state index in [1.54, 1.807) is 12.1 Å². The van der Waals surface area contributed by atoms with Crippen LogP contribution in [0.25, 0.3) is 0 Å². The van der Waals surface area contributed by atoms with Crippen molar-refractivity contribution in [1.82, 2.24) is 4.90 Å². The second kappa shape index (κ2) is 5.29. The van der Waals surface area contributed by atoms with Gasteiger partial charge in [0.2, 0.25) is 0 Å². The van der Waals surface area contributed by atoms with Crippen LogP contribution < -0.4 is 0 Å². The lowest BCUT2D eigenvalue weighted by Gasteiger charge is -2.28. The zero-order valence-electron chi connectivity index (χ0n) is 10.5. The quantitative estimate of drug-likeness (QED) is 0.896. The molecule has 1 fully saturated rings. The van der Waals surface area contributed by atoms with Crippen molar-refractivity contribution in [1.29, 1.82) is 0 Å². The minimum Gasteiger partial charge on any atom is -0.481 e. The predicted molar refractivity (Wildman–Crippen MR) is 72.1 cm³/mol. The molecule has 0 aliphatic carbocycles. The molecule has 4 heteroatoms. The lowest BCUT2D eigenvalue weighted by atomic mass is 9.74. The normalized spacial score (nSPS) is 25.7. The summed E-state index contributed by atoms with van der Waals surface area (Å²) in [6.07, 6.45) is 2.21. The van der Waals surface area contributed by atoms with Gasteiger partial charge in [0, 0.05) is 5.02 Å². The highest BCUT2D eigenvalue weighted by atomic mass is 35.5. The molecule has 1 aliphatic rings. The molecule has 1 aliphatic heterocycles. The Balaban J connectivity index is 2.40. The first-order valence-corrected chi connectivity index (χ1v) is 6.60. The van der Waals surface area contributed by atoms with Crippen molar-refractivity contribution in [3.8, 4) is 0 Å². The van der Waals surface area contributed by atoms with Gasteiger partial charge in [0.1, 0.15) is 0 Å². The zero-order chi connectivity index (χ0) is 13.2. The number of halogens is 1. The van der Waals surface area contributed by atoms with Crippen molar-refractivity contribution in [2.45, 2.75) is 24.7 Å². The maximum absolute atomic E-state index is 11.8. The molecule has 1 aromatic rings. The molecule has 1 saturated heterocycles. The molecule has 1 atom stereocenters. The van der Waals surface area contributed by atoms with Gasteiger partial charge in [0.15, 0.2) is 0 Å². The number of likely N-dealkylation sites (tertiary alicyclic amines) is 1. The van der Waals surface area contributed by atoms with Gasteiger partial charge in [-0.15, -0.1) is 0 Å². The van der Waals surface area contributed by atoms with E-state index >= 15 is 0 Å². The summed E-state index contributed by atoms with van der Waals surface area (Å²) in [5.74, 6) is -0.736. The maximum atomic E-state index is 11.8. The summed E-state index contributed by atoms with van der Waals surface area (Å²) >= 11 is 6.00. The Morgan fingerprint density at radius 1 is 1.39 bits per heavy atom. The second-order valence-electron chi connectivity index (χ2n) is 5.05. The van der Waals surface area contributed by atoms with Crippen LogP contribution in [0.3, 0.4) is 0 Å². The molecule has 1 N–H and O–H groups in total. The number of rotatable bonds is 2. The van der Waals surface area contributed by atoms with Gasteiger partial charge in [-0.25, -0.2) is 0 Å². The van der Waals surface area contributed by atoms with Crippen LogP contribution in [0.5, 0.6) is 0 Å². The van der Waals surface area contributed by atoms with E-state index in [0.717, 1.165) is 25.1 Å². The molecule has 1 heterocycles. The van der Waals surface area contributed by atoms with Crippen LogP contribution in [0.1, 0.15) is 24.8 Å². The van der Waals surface area contributed by atoms with Crippen LogP contribution in [-0.4, -0.2) is 36.1 Å². The maximum Gasteiger partial charge on any atom is 0.314 e. The Morgan fingerprint density at radius 2 is 2.17 bits per heavy atom. The van der Waals surface area contributed by atoms with Gasteiger partial charge < -0.3 is 10.0 Å². The fourth-order valence-electron chi connectivity index (χ4n) is 2.68. The fourth-order valence-corrected chi connectivity index (χ4v) is 2.87. The Bertz CT molecular complexity index is 449. The molecule has 0 spiro atoms. The number of carbonyl (C=O) groups is 1. The van der Waals surface area contributed by atoms with E-state index in [2.05, 4.69) is 4.90 Å². The summed E-state index contributed by atoms with van der Waals surface area (Å²) in [5, 5.41) is 10.3. The van der Waals surface area contributed by atoms with E-state index in [1.165, 1.54) is 0 Å². The van der Waals surface area contributed by atoms with E-state index in [-0.39, 0.29) is 0 Å². The van der Waals surface area contributed by atoms with Gasteiger partial charge in [-0.05, 0) is 57.1 Å². The third kappa shape index (κ3) is 2.52. The van der Waals surface area contributed by atoms with Gasteiger partial charge in [0.05, 0.1) is 5.41 Å². The van der Waals surface area contributed by atoms with Gasteiger partial charge in [-0.1, -0.05) is 23.7 Å². The van der Waals surface area contributed by atoms with Gasteiger partial charge in [0.25, 0.3) is 0 Å². The topological polar surface area (TPSA) is 40.5 Å². The van der Waals surface area contributed by atoms with E-state index < -0.39 is 11.4 Å². The van der Waals surface area contributed by atoms with Crippen LogP contribution in [0.4, 0.5) is 0 Å². The average Bonchev–Trinajstić information content (AvgIpc) is 2.52. The minimum absolute atomic E-state index is 0.603. The Kier molecular flexibility index (Phi) is 3.93. The largest absolute Gasteiger partial charge is 0.481 e. The Labute approximate surface area is 112 Å². The van der Waals surface area contributed by atoms with Gasteiger partial charge in [-0.2, -0.15) is 0 Å². The van der Waals surface area contributed by atoms with E-state index in [9.17, 15) is 9.90 Å². The molecule has 0 radical (unpaired) electrons. The summed E-state index contributed by atoms with van der Waals surface area (Å²) in [6, 6.07) is 7.28. The molecule has 2 rings (SSSR count). The number of carboxylic acid groups (broad SMARTS) is 1.